The summed E-state index contributed by atoms with van der Waals surface area (Å²) in [5, 5.41) is 10.2. The van der Waals surface area contributed by atoms with Crippen LogP contribution in [0.25, 0.3) is 22.6 Å². The number of amides is 1. The zero-order valence-corrected chi connectivity index (χ0v) is 24.9. The number of fused-ring (bicyclic) bond motifs is 2. The van der Waals surface area contributed by atoms with Gasteiger partial charge in [0.05, 0.1) is 16.8 Å². The fraction of sp³-hybridized carbons (Fsp3) is 0.250. The molecule has 0 saturated heterocycles. The molecule has 2 aromatic carbocycles. The summed E-state index contributed by atoms with van der Waals surface area (Å²) in [5.74, 6) is -1.65. The van der Waals surface area contributed by atoms with Gasteiger partial charge in [-0.25, -0.2) is 14.6 Å². The quantitative estimate of drug-likeness (QED) is 0.192. The number of esters is 1. The third kappa shape index (κ3) is 6.43. The van der Waals surface area contributed by atoms with Crippen molar-refractivity contribution in [2.45, 2.75) is 19.3 Å². The number of nitrogens with zero attached hydrogens (tertiary/aromatic N) is 4. The Morgan fingerprint density at radius 3 is 2.34 bits per heavy atom. The summed E-state index contributed by atoms with van der Waals surface area (Å²) in [5.41, 5.74) is 8.11. The largest absolute Gasteiger partial charge is 0.508 e. The number of rotatable bonds is 6. The fourth-order valence-corrected chi connectivity index (χ4v) is 4.88. The standard InChI is InChI=1S/C29H26N4O6.C3H7NO/c1-32-26(30)24(27(36)33(2)29(32)38)22(35)15-39-28(37)23-19-7-3-4-9-21(19)31-25-17(6-5-8-20(23)25)14-16-10-12-18(34)13-11-16;1-4(2)3-5/h3-4,7,9-14,34H,5-6,8,15,30H2,1-2H3;3H,1-2H3/b17-14-;. The molecule has 0 fully saturated rings. The van der Waals surface area contributed by atoms with Gasteiger partial charge in [0, 0.05) is 33.6 Å². The number of pyridine rings is 1. The number of Topliss-reactive ketones (excluding diaryl/α,β-unsaturated/α-hetero) is 1. The van der Waals surface area contributed by atoms with Gasteiger partial charge in [0.2, 0.25) is 12.2 Å². The number of hydrogen-bond donors (Lipinski definition) is 2. The van der Waals surface area contributed by atoms with Crippen LogP contribution in [0, 0.1) is 0 Å². The molecule has 0 bridgehead atoms. The molecule has 0 radical (unpaired) electrons. The first-order valence-electron chi connectivity index (χ1n) is 13.7. The second-order valence-corrected chi connectivity index (χ2v) is 10.5. The highest BCUT2D eigenvalue weighted by atomic mass is 16.5. The van der Waals surface area contributed by atoms with Crippen molar-refractivity contribution in [3.8, 4) is 5.75 Å². The van der Waals surface area contributed by atoms with Crippen LogP contribution in [-0.2, 0) is 30.0 Å². The molecule has 1 aliphatic carbocycles. The first-order valence-corrected chi connectivity index (χ1v) is 13.7. The Morgan fingerprint density at radius 1 is 1.02 bits per heavy atom. The molecule has 4 aromatic rings. The van der Waals surface area contributed by atoms with Crippen molar-refractivity contribution in [3.05, 3.63) is 97.3 Å². The van der Waals surface area contributed by atoms with E-state index in [1.807, 2.05) is 12.1 Å². The maximum Gasteiger partial charge on any atom is 0.339 e. The van der Waals surface area contributed by atoms with Crippen LogP contribution in [0.3, 0.4) is 0 Å². The zero-order chi connectivity index (χ0) is 32.1. The summed E-state index contributed by atoms with van der Waals surface area (Å²) >= 11 is 0. The number of phenols is 1. The van der Waals surface area contributed by atoms with Crippen LogP contribution >= 0.6 is 0 Å². The Labute approximate surface area is 252 Å². The van der Waals surface area contributed by atoms with E-state index in [0.717, 1.165) is 45.1 Å². The Balaban J connectivity index is 0.000000818. The molecule has 5 rings (SSSR count). The number of hydrogen-bond acceptors (Lipinski definition) is 9. The first-order chi connectivity index (χ1) is 20.9. The third-order valence-electron chi connectivity index (χ3n) is 7.14. The van der Waals surface area contributed by atoms with Gasteiger partial charge in [0.1, 0.15) is 17.1 Å². The van der Waals surface area contributed by atoms with Crippen LogP contribution in [0.15, 0.2) is 58.1 Å². The van der Waals surface area contributed by atoms with E-state index < -0.39 is 35.2 Å². The average molecular weight is 600 g/mol. The van der Waals surface area contributed by atoms with Gasteiger partial charge in [-0.1, -0.05) is 30.3 Å². The molecular formula is C32H33N5O7. The summed E-state index contributed by atoms with van der Waals surface area (Å²) in [6.45, 7) is -0.724. The van der Waals surface area contributed by atoms with E-state index in [0.29, 0.717) is 28.6 Å². The van der Waals surface area contributed by atoms with Gasteiger partial charge in [-0.2, -0.15) is 0 Å². The van der Waals surface area contributed by atoms with Crippen molar-refractivity contribution in [2.24, 2.45) is 14.1 Å². The number of carbonyl (C=O) groups excluding carboxylic acids is 3. The van der Waals surface area contributed by atoms with E-state index in [4.69, 9.17) is 15.5 Å². The molecular weight excluding hydrogens is 566 g/mol. The lowest BCUT2D eigenvalue weighted by Gasteiger charge is -2.22. The number of anilines is 1. The zero-order valence-electron chi connectivity index (χ0n) is 24.9. The highest BCUT2D eigenvalue weighted by Crippen LogP contribution is 2.36. The van der Waals surface area contributed by atoms with Crippen molar-refractivity contribution in [2.75, 3.05) is 26.4 Å². The van der Waals surface area contributed by atoms with Gasteiger partial charge in [0.25, 0.3) is 5.56 Å². The van der Waals surface area contributed by atoms with Crippen LogP contribution in [0.1, 0.15) is 50.4 Å². The molecule has 2 aromatic heterocycles. The molecule has 12 nitrogen and oxygen atoms in total. The van der Waals surface area contributed by atoms with Crippen LogP contribution < -0.4 is 17.0 Å². The molecule has 1 amide bonds. The molecule has 228 valence electrons. The number of para-hydroxylation sites is 1. The minimum atomic E-state index is -0.854. The van der Waals surface area contributed by atoms with Crippen molar-refractivity contribution in [1.29, 1.82) is 0 Å². The Kier molecular flexibility index (Phi) is 9.42. The molecule has 0 atom stereocenters. The smallest absolute Gasteiger partial charge is 0.339 e. The summed E-state index contributed by atoms with van der Waals surface area (Å²) in [6.07, 6.45) is 4.85. The third-order valence-corrected chi connectivity index (χ3v) is 7.14. The van der Waals surface area contributed by atoms with Crippen LogP contribution in [0.4, 0.5) is 5.82 Å². The predicted molar refractivity (Wildman–Crippen MR) is 166 cm³/mol. The maximum absolute atomic E-state index is 13.5. The second-order valence-electron chi connectivity index (χ2n) is 10.5. The molecule has 2 heterocycles. The number of aromatic hydroxyl groups is 1. The average Bonchev–Trinajstić information content (AvgIpc) is 3.02. The number of carbonyl (C=O) groups is 3. The number of benzene rings is 2. The van der Waals surface area contributed by atoms with Gasteiger partial charge in [-0.05, 0) is 60.2 Å². The van der Waals surface area contributed by atoms with Crippen LogP contribution in [0.5, 0.6) is 5.75 Å². The number of nitrogen functional groups attached to an aromatic ring is 1. The molecule has 44 heavy (non-hydrogen) atoms. The fourth-order valence-electron chi connectivity index (χ4n) is 4.88. The van der Waals surface area contributed by atoms with Gasteiger partial charge < -0.3 is 20.5 Å². The lowest BCUT2D eigenvalue weighted by atomic mass is 9.86. The number of phenolic OH excluding ortho intramolecular Hbond substituents is 1. The Morgan fingerprint density at radius 2 is 1.68 bits per heavy atom. The van der Waals surface area contributed by atoms with Crippen LogP contribution in [-0.4, -0.2) is 63.0 Å². The normalized spacial score (nSPS) is 13.0. The number of allylic oxidation sites excluding steroid dienone is 1. The van der Waals surface area contributed by atoms with E-state index >= 15 is 0 Å². The van der Waals surface area contributed by atoms with Crippen molar-refractivity contribution in [1.82, 2.24) is 19.0 Å². The Bertz CT molecular complexity index is 1900. The van der Waals surface area contributed by atoms with Crippen molar-refractivity contribution < 1.29 is 24.2 Å². The SMILES string of the molecule is CN(C)C=O.Cn1c(N)c(C(=O)COC(=O)c2c3c(nc4ccccc24)/C(=C\c2ccc(O)cc2)CCC3)c(=O)n(C)c1=O. The van der Waals surface area contributed by atoms with E-state index in [-0.39, 0.29) is 11.6 Å². The molecule has 0 aliphatic heterocycles. The molecule has 3 N–H and O–H groups in total. The highest BCUT2D eigenvalue weighted by Gasteiger charge is 2.27. The van der Waals surface area contributed by atoms with Gasteiger partial charge in [-0.3, -0.25) is 23.5 Å². The van der Waals surface area contributed by atoms with Crippen LogP contribution in [0.2, 0.25) is 0 Å². The van der Waals surface area contributed by atoms with E-state index in [2.05, 4.69) is 0 Å². The maximum atomic E-state index is 13.5. The number of ether oxygens (including phenoxy) is 1. The summed E-state index contributed by atoms with van der Waals surface area (Å²) in [7, 11) is 5.96. The van der Waals surface area contributed by atoms with Gasteiger partial charge in [-0.15, -0.1) is 0 Å². The minimum absolute atomic E-state index is 0.169. The topological polar surface area (TPSA) is 167 Å². The molecule has 1 aliphatic rings. The lowest BCUT2D eigenvalue weighted by molar-refractivity contribution is -0.115. The molecule has 12 heteroatoms. The van der Waals surface area contributed by atoms with E-state index in [9.17, 15) is 29.1 Å². The Hall–Kier alpha value is -5.52. The molecule has 0 saturated carbocycles. The predicted octanol–water partition coefficient (Wildman–Crippen LogP) is 2.54. The summed E-state index contributed by atoms with van der Waals surface area (Å²) < 4.78 is 7.22. The van der Waals surface area contributed by atoms with E-state index in [1.54, 1.807) is 56.6 Å². The number of ketones is 1. The second kappa shape index (κ2) is 13.2. The number of aromatic nitrogens is 3. The van der Waals surface area contributed by atoms with Crippen molar-refractivity contribution >= 4 is 46.5 Å². The monoisotopic (exact) mass is 599 g/mol. The highest BCUT2D eigenvalue weighted by molar-refractivity contribution is 6.08. The van der Waals surface area contributed by atoms with Gasteiger partial charge in [0.15, 0.2) is 6.61 Å². The van der Waals surface area contributed by atoms with Gasteiger partial charge >= 0.3 is 11.7 Å². The molecule has 0 unspecified atom stereocenters. The molecule has 0 spiro atoms. The summed E-state index contributed by atoms with van der Waals surface area (Å²) in [4.78, 5) is 66.8. The van der Waals surface area contributed by atoms with Crippen molar-refractivity contribution in [3.63, 3.8) is 0 Å². The first kappa shape index (κ1) is 31.4. The lowest BCUT2D eigenvalue weighted by Crippen LogP contribution is -2.42. The van der Waals surface area contributed by atoms with E-state index in [1.165, 1.54) is 19.0 Å². The minimum Gasteiger partial charge on any atom is -0.508 e. The number of nitrogens with two attached hydrogens (primary N) is 1. The summed E-state index contributed by atoms with van der Waals surface area (Å²) in [6, 6.07) is 14.0.